The first kappa shape index (κ1) is 11.3. The van der Waals surface area contributed by atoms with Crippen molar-refractivity contribution in [1.82, 2.24) is 9.97 Å². The minimum Gasteiger partial charge on any atom is -0.388 e. The molecule has 1 atom stereocenters. The highest BCUT2D eigenvalue weighted by Crippen LogP contribution is 2.19. The zero-order valence-electron chi connectivity index (χ0n) is 8.89. The van der Waals surface area contributed by atoms with Crippen molar-refractivity contribution in [2.24, 2.45) is 0 Å². The van der Waals surface area contributed by atoms with Crippen LogP contribution >= 0.6 is 0 Å². The molecule has 1 unspecified atom stereocenters. The van der Waals surface area contributed by atoms with E-state index in [4.69, 9.17) is 5.26 Å². The van der Waals surface area contributed by atoms with Crippen LogP contribution in [-0.4, -0.2) is 15.1 Å². The average Bonchev–Trinajstić information content (AvgIpc) is 2.81. The number of rotatable bonds is 3. The number of benzene rings is 1. The van der Waals surface area contributed by atoms with E-state index in [-0.39, 0.29) is 5.56 Å². The lowest BCUT2D eigenvalue weighted by molar-refractivity contribution is 0.177. The van der Waals surface area contributed by atoms with Crippen LogP contribution in [0.15, 0.2) is 30.7 Å². The van der Waals surface area contributed by atoms with Gasteiger partial charge in [0.05, 0.1) is 18.0 Å². The first-order chi connectivity index (χ1) is 8.20. The topological polar surface area (TPSA) is 72.7 Å². The molecule has 1 aromatic heterocycles. The summed E-state index contributed by atoms with van der Waals surface area (Å²) in [5, 5.41) is 18.5. The number of nitrogens with one attached hydrogen (secondary N) is 1. The standard InChI is InChI=1S/C12H10FN3O/c13-11-3-8(1-2-9(11)5-14)12(17)4-10-6-15-7-16-10/h1-3,6-7,12,17H,4H2,(H,15,16). The Morgan fingerprint density at radius 3 is 2.94 bits per heavy atom. The lowest BCUT2D eigenvalue weighted by Gasteiger charge is -2.10. The Morgan fingerprint density at radius 2 is 2.35 bits per heavy atom. The van der Waals surface area contributed by atoms with Crippen molar-refractivity contribution in [1.29, 1.82) is 5.26 Å². The zero-order chi connectivity index (χ0) is 12.3. The van der Waals surface area contributed by atoms with Crippen LogP contribution in [0, 0.1) is 17.1 Å². The van der Waals surface area contributed by atoms with Crippen molar-refractivity contribution >= 4 is 0 Å². The van der Waals surface area contributed by atoms with Gasteiger partial charge in [-0.1, -0.05) is 6.07 Å². The summed E-state index contributed by atoms with van der Waals surface area (Å²) in [5.41, 5.74) is 1.18. The van der Waals surface area contributed by atoms with E-state index in [1.165, 1.54) is 18.5 Å². The van der Waals surface area contributed by atoms with E-state index < -0.39 is 11.9 Å². The molecule has 17 heavy (non-hydrogen) atoms. The van der Waals surface area contributed by atoms with Crippen LogP contribution < -0.4 is 0 Å². The quantitative estimate of drug-likeness (QED) is 0.844. The molecule has 0 spiro atoms. The second-order valence-corrected chi connectivity index (χ2v) is 3.65. The number of nitriles is 1. The van der Waals surface area contributed by atoms with Gasteiger partial charge < -0.3 is 10.1 Å². The minimum atomic E-state index is -0.822. The number of imidazole rings is 1. The van der Waals surface area contributed by atoms with Crippen LogP contribution in [0.5, 0.6) is 0 Å². The Bertz CT molecular complexity index is 545. The third-order valence-corrected chi connectivity index (χ3v) is 2.47. The van der Waals surface area contributed by atoms with Gasteiger partial charge in [0, 0.05) is 18.3 Å². The molecule has 1 aromatic carbocycles. The summed E-state index contributed by atoms with van der Waals surface area (Å²) in [5.74, 6) is -0.617. The zero-order valence-corrected chi connectivity index (χ0v) is 8.89. The van der Waals surface area contributed by atoms with E-state index in [2.05, 4.69) is 9.97 Å². The molecule has 2 aromatic rings. The SMILES string of the molecule is N#Cc1ccc(C(O)Cc2cnc[nH]2)cc1F. The maximum absolute atomic E-state index is 13.3. The van der Waals surface area contributed by atoms with Crippen LogP contribution in [0.25, 0.3) is 0 Å². The fourth-order valence-corrected chi connectivity index (χ4v) is 1.55. The normalized spacial score (nSPS) is 12.1. The predicted molar refractivity (Wildman–Crippen MR) is 58.4 cm³/mol. The first-order valence-electron chi connectivity index (χ1n) is 5.05. The minimum absolute atomic E-state index is 0.0255. The summed E-state index contributed by atoms with van der Waals surface area (Å²) >= 11 is 0. The van der Waals surface area contributed by atoms with E-state index in [1.54, 1.807) is 18.3 Å². The van der Waals surface area contributed by atoms with Gasteiger partial charge in [0.2, 0.25) is 0 Å². The number of halogens is 1. The van der Waals surface area contributed by atoms with Gasteiger partial charge in [-0.25, -0.2) is 9.37 Å². The second-order valence-electron chi connectivity index (χ2n) is 3.65. The van der Waals surface area contributed by atoms with Gasteiger partial charge in [-0.2, -0.15) is 5.26 Å². The van der Waals surface area contributed by atoms with Crippen LogP contribution in [0.1, 0.15) is 22.9 Å². The number of aromatic amines is 1. The van der Waals surface area contributed by atoms with E-state index in [9.17, 15) is 9.50 Å². The Kier molecular flexibility index (Phi) is 3.17. The van der Waals surface area contributed by atoms with Gasteiger partial charge in [-0.15, -0.1) is 0 Å². The molecule has 4 nitrogen and oxygen atoms in total. The summed E-state index contributed by atoms with van der Waals surface area (Å²) in [7, 11) is 0. The third-order valence-electron chi connectivity index (χ3n) is 2.47. The van der Waals surface area contributed by atoms with Gasteiger partial charge in [0.25, 0.3) is 0 Å². The molecule has 0 bridgehead atoms. The van der Waals surface area contributed by atoms with Crippen molar-refractivity contribution in [3.8, 4) is 6.07 Å². The lowest BCUT2D eigenvalue weighted by Crippen LogP contribution is -2.03. The number of H-pyrrole nitrogens is 1. The molecule has 0 aliphatic heterocycles. The molecule has 0 aliphatic rings. The number of hydrogen-bond donors (Lipinski definition) is 2. The summed E-state index contributed by atoms with van der Waals surface area (Å²) in [4.78, 5) is 6.69. The van der Waals surface area contributed by atoms with Crippen LogP contribution in [0.3, 0.4) is 0 Å². The maximum atomic E-state index is 13.3. The number of aliphatic hydroxyl groups excluding tert-OH is 1. The highest BCUT2D eigenvalue weighted by molar-refractivity contribution is 5.34. The average molecular weight is 231 g/mol. The molecule has 86 valence electrons. The third kappa shape index (κ3) is 2.49. The Labute approximate surface area is 97.4 Å². The highest BCUT2D eigenvalue weighted by atomic mass is 19.1. The molecule has 5 heteroatoms. The summed E-state index contributed by atoms with van der Waals surface area (Å²) < 4.78 is 13.3. The number of aliphatic hydroxyl groups is 1. The van der Waals surface area contributed by atoms with Gasteiger partial charge in [0.1, 0.15) is 11.9 Å². The van der Waals surface area contributed by atoms with Crippen LogP contribution in [-0.2, 0) is 6.42 Å². The van der Waals surface area contributed by atoms with E-state index in [0.717, 1.165) is 5.69 Å². The molecule has 0 radical (unpaired) electrons. The molecule has 2 rings (SSSR count). The van der Waals surface area contributed by atoms with Gasteiger partial charge in [-0.3, -0.25) is 0 Å². The van der Waals surface area contributed by atoms with E-state index >= 15 is 0 Å². The Morgan fingerprint density at radius 1 is 1.53 bits per heavy atom. The molecule has 1 heterocycles. The fourth-order valence-electron chi connectivity index (χ4n) is 1.55. The highest BCUT2D eigenvalue weighted by Gasteiger charge is 2.12. The summed E-state index contributed by atoms with van der Waals surface area (Å²) in [6.07, 6.45) is 2.62. The fraction of sp³-hybridized carbons (Fsp3) is 0.167. The molecule has 0 fully saturated rings. The number of hydrogen-bond acceptors (Lipinski definition) is 3. The smallest absolute Gasteiger partial charge is 0.141 e. The largest absolute Gasteiger partial charge is 0.388 e. The maximum Gasteiger partial charge on any atom is 0.141 e. The predicted octanol–water partition coefficient (Wildman–Crippen LogP) is 1.70. The van der Waals surface area contributed by atoms with Crippen LogP contribution in [0.2, 0.25) is 0 Å². The van der Waals surface area contributed by atoms with Gasteiger partial charge in [-0.05, 0) is 17.7 Å². The van der Waals surface area contributed by atoms with Crippen molar-refractivity contribution in [3.05, 3.63) is 53.4 Å². The van der Waals surface area contributed by atoms with E-state index in [0.29, 0.717) is 12.0 Å². The first-order valence-corrected chi connectivity index (χ1v) is 5.05. The van der Waals surface area contributed by atoms with Crippen LogP contribution in [0.4, 0.5) is 4.39 Å². The van der Waals surface area contributed by atoms with Crippen molar-refractivity contribution in [3.63, 3.8) is 0 Å². The van der Waals surface area contributed by atoms with Crippen molar-refractivity contribution in [2.75, 3.05) is 0 Å². The molecule has 2 N–H and O–H groups in total. The molecular formula is C12H10FN3O. The van der Waals surface area contributed by atoms with E-state index in [1.807, 2.05) is 0 Å². The monoisotopic (exact) mass is 231 g/mol. The van der Waals surface area contributed by atoms with Gasteiger partial charge in [0.15, 0.2) is 0 Å². The summed E-state index contributed by atoms with van der Waals surface area (Å²) in [6, 6.07) is 5.82. The van der Waals surface area contributed by atoms with Crippen molar-refractivity contribution < 1.29 is 9.50 Å². The molecule has 0 saturated heterocycles. The number of nitrogens with zero attached hydrogens (tertiary/aromatic N) is 2. The lowest BCUT2D eigenvalue weighted by atomic mass is 10.0. The second kappa shape index (κ2) is 4.76. The molecule has 0 aliphatic carbocycles. The Hall–Kier alpha value is -2.19. The molecular weight excluding hydrogens is 221 g/mol. The summed E-state index contributed by atoms with van der Waals surface area (Å²) in [6.45, 7) is 0. The van der Waals surface area contributed by atoms with Gasteiger partial charge >= 0.3 is 0 Å². The van der Waals surface area contributed by atoms with Crippen molar-refractivity contribution in [2.45, 2.75) is 12.5 Å². The Balaban J connectivity index is 2.17. The number of aromatic nitrogens is 2. The molecule has 0 amide bonds. The molecule has 0 saturated carbocycles.